The third-order valence-corrected chi connectivity index (χ3v) is 4.54. The lowest BCUT2D eigenvalue weighted by molar-refractivity contribution is -0.140. The maximum absolute atomic E-state index is 11.5. The van der Waals surface area contributed by atoms with Crippen LogP contribution in [-0.4, -0.2) is 25.2 Å². The molecule has 0 bridgehead atoms. The van der Waals surface area contributed by atoms with E-state index in [0.717, 1.165) is 37.8 Å². The molecule has 0 aromatic rings. The Balaban J connectivity index is 3.65. The van der Waals surface area contributed by atoms with Crippen LogP contribution in [0, 0.1) is 17.8 Å². The van der Waals surface area contributed by atoms with Crippen LogP contribution in [0.3, 0.4) is 0 Å². The highest BCUT2D eigenvalue weighted by molar-refractivity contribution is 5.91. The second-order valence-corrected chi connectivity index (χ2v) is 6.83. The molecule has 0 aliphatic carbocycles. The van der Waals surface area contributed by atoms with Gasteiger partial charge in [-0.25, -0.2) is 9.59 Å². The molecule has 0 N–H and O–H groups in total. The van der Waals surface area contributed by atoms with E-state index < -0.39 is 11.9 Å². The second-order valence-electron chi connectivity index (χ2n) is 6.83. The maximum atomic E-state index is 11.5. The molecule has 0 radical (unpaired) electrons. The van der Waals surface area contributed by atoms with Gasteiger partial charge in [0.25, 0.3) is 0 Å². The fourth-order valence-electron chi connectivity index (χ4n) is 2.55. The number of esters is 2. The largest absolute Gasteiger partial charge is 0.462 e. The van der Waals surface area contributed by atoms with Crippen LogP contribution in [0.15, 0.2) is 12.2 Å². The molecule has 0 saturated heterocycles. The number of hydrogen-bond donors (Lipinski definition) is 0. The molecule has 154 valence electrons. The van der Waals surface area contributed by atoms with Gasteiger partial charge >= 0.3 is 11.9 Å². The zero-order chi connectivity index (χ0) is 20.2. The van der Waals surface area contributed by atoms with Crippen LogP contribution in [0.1, 0.15) is 91.4 Å². The number of ether oxygens (including phenoxy) is 2. The van der Waals surface area contributed by atoms with Crippen molar-refractivity contribution >= 4 is 11.9 Å². The van der Waals surface area contributed by atoms with Gasteiger partial charge in [-0.15, -0.1) is 0 Å². The topological polar surface area (TPSA) is 52.6 Å². The molecule has 0 amide bonds. The highest BCUT2D eigenvalue weighted by atomic mass is 16.5. The van der Waals surface area contributed by atoms with E-state index in [0.29, 0.717) is 12.5 Å². The van der Waals surface area contributed by atoms with Gasteiger partial charge in [0.15, 0.2) is 6.61 Å². The zero-order valence-electron chi connectivity index (χ0n) is 17.6. The highest BCUT2D eigenvalue weighted by Crippen LogP contribution is 2.09. The SMILES string of the molecule is CCCCCCCCCCC#CCOC(=O)/C=C/C(=O)OCC(CC)CC. The molecule has 0 unspecified atom stereocenters. The van der Waals surface area contributed by atoms with Crippen LogP contribution in [-0.2, 0) is 19.1 Å². The molecule has 0 saturated carbocycles. The van der Waals surface area contributed by atoms with Crippen LogP contribution in [0.5, 0.6) is 0 Å². The van der Waals surface area contributed by atoms with Crippen LogP contribution < -0.4 is 0 Å². The number of carbonyl (C=O) groups excluding carboxylic acids is 2. The number of hydrogen-bond acceptors (Lipinski definition) is 4. The van der Waals surface area contributed by atoms with Gasteiger partial charge in [0, 0.05) is 18.6 Å². The van der Waals surface area contributed by atoms with Gasteiger partial charge in [0.05, 0.1) is 6.61 Å². The van der Waals surface area contributed by atoms with E-state index in [-0.39, 0.29) is 6.61 Å². The summed E-state index contributed by atoms with van der Waals surface area (Å²) in [4.78, 5) is 23.0. The van der Waals surface area contributed by atoms with Crippen LogP contribution in [0.4, 0.5) is 0 Å². The average molecular weight is 379 g/mol. The first-order valence-corrected chi connectivity index (χ1v) is 10.6. The van der Waals surface area contributed by atoms with Crippen molar-refractivity contribution in [3.8, 4) is 11.8 Å². The minimum absolute atomic E-state index is 0.0585. The Labute approximate surface area is 166 Å². The molecule has 0 aliphatic heterocycles. The Bertz CT molecular complexity index is 467. The third kappa shape index (κ3) is 17.4. The van der Waals surface area contributed by atoms with E-state index >= 15 is 0 Å². The van der Waals surface area contributed by atoms with Gasteiger partial charge in [-0.2, -0.15) is 0 Å². The molecule has 27 heavy (non-hydrogen) atoms. The van der Waals surface area contributed by atoms with E-state index in [1.54, 1.807) is 0 Å². The summed E-state index contributed by atoms with van der Waals surface area (Å²) >= 11 is 0. The van der Waals surface area contributed by atoms with Crippen molar-refractivity contribution in [3.63, 3.8) is 0 Å². The summed E-state index contributed by atoms with van der Waals surface area (Å²) in [6.07, 6.45) is 15.2. The highest BCUT2D eigenvalue weighted by Gasteiger charge is 2.06. The molecule has 4 heteroatoms. The smallest absolute Gasteiger partial charge is 0.331 e. The minimum Gasteiger partial charge on any atom is -0.462 e. The zero-order valence-corrected chi connectivity index (χ0v) is 17.6. The first-order valence-electron chi connectivity index (χ1n) is 10.6. The molecular weight excluding hydrogens is 340 g/mol. The Hall–Kier alpha value is -1.76. The lowest BCUT2D eigenvalue weighted by atomic mass is 10.1. The summed E-state index contributed by atoms with van der Waals surface area (Å²) in [5.41, 5.74) is 0. The van der Waals surface area contributed by atoms with Gasteiger partial charge in [-0.1, -0.05) is 90.4 Å². The molecule has 0 rings (SSSR count). The predicted molar refractivity (Wildman–Crippen MR) is 110 cm³/mol. The van der Waals surface area contributed by atoms with Crippen molar-refractivity contribution in [2.24, 2.45) is 5.92 Å². The molecule has 0 spiro atoms. The number of rotatable bonds is 15. The van der Waals surface area contributed by atoms with Crippen molar-refractivity contribution in [1.29, 1.82) is 0 Å². The fourth-order valence-corrected chi connectivity index (χ4v) is 2.55. The van der Waals surface area contributed by atoms with E-state index in [9.17, 15) is 9.59 Å². The average Bonchev–Trinajstić information content (AvgIpc) is 2.68. The Kier molecular flexibility index (Phi) is 17.8. The molecule has 0 aromatic heterocycles. The standard InChI is InChI=1S/C23H38O4/c1-4-7-8-9-10-11-12-13-14-15-16-19-26-22(24)17-18-23(25)27-20-21(5-2)6-3/h17-18,21H,4-14,19-20H2,1-3H3/b18-17+. The normalized spacial score (nSPS) is 10.7. The molecule has 0 aliphatic rings. The summed E-state index contributed by atoms with van der Waals surface area (Å²) in [7, 11) is 0. The molecule has 0 heterocycles. The van der Waals surface area contributed by atoms with E-state index in [1.807, 2.05) is 0 Å². The van der Waals surface area contributed by atoms with Gasteiger partial charge < -0.3 is 9.47 Å². The summed E-state index contributed by atoms with van der Waals surface area (Å²) < 4.78 is 10.0. The Morgan fingerprint density at radius 2 is 1.33 bits per heavy atom. The third-order valence-electron chi connectivity index (χ3n) is 4.54. The molecule has 0 aromatic carbocycles. The van der Waals surface area contributed by atoms with E-state index in [4.69, 9.17) is 9.47 Å². The van der Waals surface area contributed by atoms with Gasteiger partial charge in [0.2, 0.25) is 0 Å². The molecular formula is C23H38O4. The molecule has 4 nitrogen and oxygen atoms in total. The summed E-state index contributed by atoms with van der Waals surface area (Å²) in [5.74, 6) is 5.13. The number of carbonyl (C=O) groups is 2. The predicted octanol–water partition coefficient (Wildman–Crippen LogP) is 5.60. The van der Waals surface area contributed by atoms with Gasteiger partial charge in [0.1, 0.15) is 0 Å². The van der Waals surface area contributed by atoms with Crippen LogP contribution >= 0.6 is 0 Å². The molecule has 0 fully saturated rings. The lowest BCUT2D eigenvalue weighted by Crippen LogP contribution is -2.12. The summed E-state index contributed by atoms with van der Waals surface area (Å²) in [6, 6.07) is 0. The van der Waals surface area contributed by atoms with Crippen molar-refractivity contribution in [2.75, 3.05) is 13.2 Å². The van der Waals surface area contributed by atoms with Crippen molar-refractivity contribution in [1.82, 2.24) is 0 Å². The second kappa shape index (κ2) is 19.0. The fraction of sp³-hybridized carbons (Fsp3) is 0.739. The number of unbranched alkanes of at least 4 members (excludes halogenated alkanes) is 8. The first-order chi connectivity index (χ1) is 13.1. The first kappa shape index (κ1) is 25.2. The monoisotopic (exact) mass is 378 g/mol. The summed E-state index contributed by atoms with van der Waals surface area (Å²) in [6.45, 7) is 6.80. The van der Waals surface area contributed by atoms with Crippen molar-refractivity contribution in [2.45, 2.75) is 91.4 Å². The Morgan fingerprint density at radius 3 is 1.93 bits per heavy atom. The van der Waals surface area contributed by atoms with Crippen molar-refractivity contribution in [3.05, 3.63) is 12.2 Å². The van der Waals surface area contributed by atoms with Crippen LogP contribution in [0.2, 0.25) is 0 Å². The van der Waals surface area contributed by atoms with Gasteiger partial charge in [-0.3, -0.25) is 0 Å². The van der Waals surface area contributed by atoms with E-state index in [2.05, 4.69) is 32.6 Å². The van der Waals surface area contributed by atoms with E-state index in [1.165, 1.54) is 44.9 Å². The summed E-state index contributed by atoms with van der Waals surface area (Å²) in [5, 5.41) is 0. The maximum Gasteiger partial charge on any atom is 0.331 e. The van der Waals surface area contributed by atoms with Crippen LogP contribution in [0.25, 0.3) is 0 Å². The lowest BCUT2D eigenvalue weighted by Gasteiger charge is -2.10. The van der Waals surface area contributed by atoms with Gasteiger partial charge in [-0.05, 0) is 12.3 Å². The molecule has 0 atom stereocenters. The quantitative estimate of drug-likeness (QED) is 0.161. The van der Waals surface area contributed by atoms with Crippen molar-refractivity contribution < 1.29 is 19.1 Å². The minimum atomic E-state index is -0.573. The Morgan fingerprint density at radius 1 is 0.778 bits per heavy atom.